The highest BCUT2D eigenvalue weighted by Gasteiger charge is 2.52. The summed E-state index contributed by atoms with van der Waals surface area (Å²) in [4.78, 5) is 39.7. The number of alkyl halides is 3. The van der Waals surface area contributed by atoms with E-state index in [0.29, 0.717) is 6.92 Å². The number of carboxylic acid groups (broad SMARTS) is 1. The molecule has 3 atom stereocenters. The first-order valence-electron chi connectivity index (χ1n) is 7.96. The molecule has 0 aliphatic carbocycles. The zero-order chi connectivity index (χ0) is 21.3. The number of esters is 1. The molecule has 154 valence electrons. The fourth-order valence-corrected chi connectivity index (χ4v) is 2.46. The van der Waals surface area contributed by atoms with Crippen molar-refractivity contribution in [1.29, 1.82) is 0 Å². The van der Waals surface area contributed by atoms with Crippen molar-refractivity contribution in [3.05, 3.63) is 23.9 Å². The van der Waals surface area contributed by atoms with Crippen molar-refractivity contribution in [3.63, 3.8) is 0 Å². The van der Waals surface area contributed by atoms with E-state index in [-0.39, 0.29) is 19.0 Å². The van der Waals surface area contributed by atoms with E-state index < -0.39 is 47.5 Å². The van der Waals surface area contributed by atoms with Gasteiger partial charge in [0.1, 0.15) is 5.82 Å². The normalized spacial score (nSPS) is 21.0. The molecule has 1 fully saturated rings. The molecular formula is C16H17F3N2O7. The number of ether oxygens (including phenoxy) is 2. The Morgan fingerprint density at radius 3 is 2.57 bits per heavy atom. The van der Waals surface area contributed by atoms with E-state index in [1.165, 1.54) is 6.07 Å². The third-order valence-electron chi connectivity index (χ3n) is 3.99. The first-order valence-corrected chi connectivity index (χ1v) is 7.96. The predicted octanol–water partition coefficient (Wildman–Crippen LogP) is 0.599. The molecule has 1 aromatic rings. The Morgan fingerprint density at radius 2 is 2.04 bits per heavy atom. The van der Waals surface area contributed by atoms with Crippen LogP contribution in [0.1, 0.15) is 19.5 Å². The Bertz CT molecular complexity index is 782. The molecule has 0 radical (unpaired) electrons. The van der Waals surface area contributed by atoms with Crippen molar-refractivity contribution in [1.82, 2.24) is 4.98 Å². The van der Waals surface area contributed by atoms with Gasteiger partial charge in [-0.05, 0) is 19.1 Å². The SMILES string of the molecule is CC(=O)OC(C(=O)O)[C@H]1OCCN(c2cccc(C(C)(O)C(F)(F)F)n2)C1=O. The number of halogens is 3. The number of rotatable bonds is 5. The Kier molecular flexibility index (Phi) is 5.94. The number of aliphatic hydroxyl groups is 1. The smallest absolute Gasteiger partial charge is 0.422 e. The highest BCUT2D eigenvalue weighted by molar-refractivity contribution is 5.99. The summed E-state index contributed by atoms with van der Waals surface area (Å²) >= 11 is 0. The van der Waals surface area contributed by atoms with Crippen LogP contribution in [0.15, 0.2) is 18.2 Å². The molecule has 1 saturated heterocycles. The number of carboxylic acids is 1. The maximum Gasteiger partial charge on any atom is 0.422 e. The largest absolute Gasteiger partial charge is 0.478 e. The second-order valence-corrected chi connectivity index (χ2v) is 6.10. The number of aliphatic carboxylic acids is 1. The molecule has 2 N–H and O–H groups in total. The summed E-state index contributed by atoms with van der Waals surface area (Å²) < 4.78 is 48.9. The van der Waals surface area contributed by atoms with Gasteiger partial charge in [-0.2, -0.15) is 13.2 Å². The number of hydrogen-bond donors (Lipinski definition) is 2. The maximum atomic E-state index is 13.0. The van der Waals surface area contributed by atoms with E-state index >= 15 is 0 Å². The van der Waals surface area contributed by atoms with Crippen molar-refractivity contribution in [2.45, 2.75) is 37.8 Å². The number of nitrogens with zero attached hydrogens (tertiary/aromatic N) is 2. The molecule has 1 aliphatic heterocycles. The van der Waals surface area contributed by atoms with Crippen molar-refractivity contribution >= 4 is 23.7 Å². The summed E-state index contributed by atoms with van der Waals surface area (Å²) in [5, 5.41) is 19.0. The summed E-state index contributed by atoms with van der Waals surface area (Å²) in [5.41, 5.74) is -4.01. The van der Waals surface area contributed by atoms with Gasteiger partial charge in [0, 0.05) is 6.92 Å². The van der Waals surface area contributed by atoms with E-state index in [4.69, 9.17) is 4.74 Å². The van der Waals surface area contributed by atoms with Gasteiger partial charge in [-0.25, -0.2) is 9.78 Å². The molecule has 28 heavy (non-hydrogen) atoms. The third-order valence-corrected chi connectivity index (χ3v) is 3.99. The molecule has 12 heteroatoms. The van der Waals surface area contributed by atoms with Crippen molar-refractivity contribution < 1.29 is 47.2 Å². The van der Waals surface area contributed by atoms with E-state index in [2.05, 4.69) is 9.72 Å². The first-order chi connectivity index (χ1) is 12.9. The number of morpholine rings is 1. The van der Waals surface area contributed by atoms with Gasteiger partial charge in [0.25, 0.3) is 5.91 Å². The summed E-state index contributed by atoms with van der Waals surface area (Å²) in [6, 6.07) is 3.33. The Balaban J connectivity index is 2.36. The van der Waals surface area contributed by atoms with Gasteiger partial charge in [-0.15, -0.1) is 0 Å². The minimum Gasteiger partial charge on any atom is -0.478 e. The summed E-state index contributed by atoms with van der Waals surface area (Å²) in [6.07, 6.45) is -8.65. The molecular weight excluding hydrogens is 389 g/mol. The van der Waals surface area contributed by atoms with Crippen molar-refractivity contribution in [2.75, 3.05) is 18.1 Å². The van der Waals surface area contributed by atoms with Gasteiger partial charge < -0.3 is 19.7 Å². The van der Waals surface area contributed by atoms with Crippen LogP contribution in [-0.4, -0.2) is 64.6 Å². The van der Waals surface area contributed by atoms with E-state index in [0.717, 1.165) is 24.0 Å². The Morgan fingerprint density at radius 1 is 1.39 bits per heavy atom. The predicted molar refractivity (Wildman–Crippen MR) is 85.1 cm³/mol. The number of hydrogen-bond acceptors (Lipinski definition) is 7. The molecule has 2 rings (SSSR count). The highest BCUT2D eigenvalue weighted by Crippen LogP contribution is 2.38. The van der Waals surface area contributed by atoms with Gasteiger partial charge in [0.05, 0.1) is 18.8 Å². The number of aromatic nitrogens is 1. The van der Waals surface area contributed by atoms with E-state index in [1.54, 1.807) is 0 Å². The van der Waals surface area contributed by atoms with Gasteiger partial charge in [0.15, 0.2) is 11.7 Å². The van der Waals surface area contributed by atoms with Crippen LogP contribution in [0.2, 0.25) is 0 Å². The molecule has 0 spiro atoms. The van der Waals surface area contributed by atoms with Gasteiger partial charge in [0.2, 0.25) is 6.10 Å². The number of pyridine rings is 1. The van der Waals surface area contributed by atoms with Crippen LogP contribution >= 0.6 is 0 Å². The van der Waals surface area contributed by atoms with Crippen LogP contribution in [0.5, 0.6) is 0 Å². The Hall–Kier alpha value is -2.73. The van der Waals surface area contributed by atoms with Crippen LogP contribution in [0, 0.1) is 0 Å². The Labute approximate surface area is 156 Å². The average molecular weight is 406 g/mol. The average Bonchev–Trinajstić information content (AvgIpc) is 2.59. The van der Waals surface area contributed by atoms with Crippen LogP contribution in [-0.2, 0) is 29.5 Å². The molecule has 0 bridgehead atoms. The summed E-state index contributed by atoms with van der Waals surface area (Å²) in [6.45, 7) is 1.16. The number of amides is 1. The standard InChI is InChI=1S/C16H17F3N2O7/c1-8(22)28-12(14(24)25)11-13(23)21(6-7-27-11)10-5-3-4-9(20-10)15(2,26)16(17,18)19/h3-5,11-12,26H,6-7H2,1-2H3,(H,24,25)/t11-,12?,15?/m1/s1. The molecule has 1 amide bonds. The minimum atomic E-state index is -5.01. The summed E-state index contributed by atoms with van der Waals surface area (Å²) in [5.74, 6) is -3.79. The lowest BCUT2D eigenvalue weighted by Gasteiger charge is -2.34. The van der Waals surface area contributed by atoms with Gasteiger partial charge >= 0.3 is 18.1 Å². The van der Waals surface area contributed by atoms with Gasteiger partial charge in [-0.1, -0.05) is 6.07 Å². The van der Waals surface area contributed by atoms with Crippen LogP contribution in [0.25, 0.3) is 0 Å². The maximum absolute atomic E-state index is 13.0. The topological polar surface area (TPSA) is 126 Å². The highest BCUT2D eigenvalue weighted by atomic mass is 19.4. The van der Waals surface area contributed by atoms with E-state index in [1.807, 2.05) is 0 Å². The molecule has 1 aliphatic rings. The zero-order valence-corrected chi connectivity index (χ0v) is 14.8. The van der Waals surface area contributed by atoms with Crippen LogP contribution < -0.4 is 4.90 Å². The van der Waals surface area contributed by atoms with Crippen molar-refractivity contribution in [3.8, 4) is 0 Å². The quantitative estimate of drug-likeness (QED) is 0.681. The van der Waals surface area contributed by atoms with E-state index in [9.17, 15) is 37.8 Å². The molecule has 2 unspecified atom stereocenters. The second-order valence-electron chi connectivity index (χ2n) is 6.10. The van der Waals surface area contributed by atoms with Crippen LogP contribution in [0.3, 0.4) is 0 Å². The number of carbonyl (C=O) groups is 3. The van der Waals surface area contributed by atoms with Gasteiger partial charge in [-0.3, -0.25) is 14.5 Å². The zero-order valence-electron chi connectivity index (χ0n) is 14.8. The molecule has 1 aromatic heterocycles. The second kappa shape index (κ2) is 7.72. The lowest BCUT2D eigenvalue weighted by Crippen LogP contribution is -2.56. The third kappa shape index (κ3) is 4.22. The number of carbonyl (C=O) groups excluding carboxylic acids is 2. The lowest BCUT2D eigenvalue weighted by atomic mass is 10.0. The first kappa shape index (κ1) is 21.6. The molecule has 9 nitrogen and oxygen atoms in total. The molecule has 0 saturated carbocycles. The van der Waals surface area contributed by atoms with Crippen molar-refractivity contribution in [2.24, 2.45) is 0 Å². The summed E-state index contributed by atoms with van der Waals surface area (Å²) in [7, 11) is 0. The van der Waals surface area contributed by atoms with Crippen LogP contribution in [0.4, 0.5) is 19.0 Å². The number of anilines is 1. The molecule has 0 aromatic carbocycles. The fourth-order valence-electron chi connectivity index (χ4n) is 2.46. The molecule has 2 heterocycles. The monoisotopic (exact) mass is 406 g/mol. The lowest BCUT2D eigenvalue weighted by molar-refractivity contribution is -0.260. The minimum absolute atomic E-state index is 0.133. The fraction of sp³-hybridized carbons (Fsp3) is 0.500.